The number of ketones is 2. The number of phenols is 1. The quantitative estimate of drug-likeness (QED) is 0.0913. The summed E-state index contributed by atoms with van der Waals surface area (Å²) in [5.74, 6) is -3.43. The Morgan fingerprint density at radius 2 is 1.42 bits per heavy atom. The second kappa shape index (κ2) is 19.9. The van der Waals surface area contributed by atoms with Crippen molar-refractivity contribution in [1.82, 2.24) is 0 Å². The Morgan fingerprint density at radius 3 is 2.06 bits per heavy atom. The van der Waals surface area contributed by atoms with E-state index >= 15 is 0 Å². The molecule has 5 fully saturated rings. The minimum absolute atomic E-state index is 0.113. The number of esters is 1. The SMILES string of the molecule is CC(=O)OC(C)(C)CCC(=O)[C@](C)(O)[C@H]1[C@H](O)C[C@]2(C)[C@@H]3CCc4c(cc(O[C@@H]5O[C@H](CO[C@@H]6O[C@H](CO)[C@@H](O[C@@H]7O[C@@H](C)[C@H](O)[C@@H](O)[C@H]7O)[C@H](O)[C@H]6O)[C@@H](O)[C@H](O)[C@H]5O)c(O)c4C)[C@]3(C)C(=O)C[C@]12C. The molecule has 22 heteroatoms. The molecule has 7 rings (SSSR count). The van der Waals surface area contributed by atoms with E-state index in [1.165, 1.54) is 26.8 Å². The maximum atomic E-state index is 15.0. The first-order valence-electron chi connectivity index (χ1n) is 24.4. The Labute approximate surface area is 411 Å². The fourth-order valence-electron chi connectivity index (χ4n) is 13.1. The highest BCUT2D eigenvalue weighted by Gasteiger charge is 2.73. The molecule has 0 spiro atoms. The second-order valence-electron chi connectivity index (χ2n) is 22.2. The molecule has 12 N–H and O–H groups in total. The van der Waals surface area contributed by atoms with Crippen molar-refractivity contribution in [3.63, 3.8) is 0 Å². The van der Waals surface area contributed by atoms with E-state index in [0.717, 1.165) is 0 Å². The zero-order valence-electron chi connectivity index (χ0n) is 41.6. The number of ether oxygens (including phenoxy) is 7. The van der Waals surface area contributed by atoms with Gasteiger partial charge in [0.15, 0.2) is 29.9 Å². The van der Waals surface area contributed by atoms with Crippen LogP contribution in [0.5, 0.6) is 11.5 Å². The summed E-state index contributed by atoms with van der Waals surface area (Å²) in [6, 6.07) is 1.47. The highest BCUT2D eigenvalue weighted by atomic mass is 16.8. The zero-order valence-corrected chi connectivity index (χ0v) is 41.6. The molecular weight excluding hydrogens is 941 g/mol. The molecule has 71 heavy (non-hydrogen) atoms. The molecular formula is C49H74O22. The number of hydrogen-bond donors (Lipinski definition) is 12. The summed E-state index contributed by atoms with van der Waals surface area (Å²) >= 11 is 0. The average molecular weight is 1020 g/mol. The van der Waals surface area contributed by atoms with Crippen LogP contribution < -0.4 is 4.74 Å². The Morgan fingerprint density at radius 1 is 0.817 bits per heavy atom. The standard InChI is InChI=1S/C49H74O22/c1-19-22-10-11-28-46(6)15-24(52)41(49(9,64)29(53)12-13-45(4,5)71-21(3)51)47(46,7)16-30(54)48(28,8)23(22)14-25(31(19)55)67-44-38(62)35(59)33(57)27(69-44)18-65-42-39(63)36(60)40(26(17-50)68-42)70-43-37(61)34(58)32(56)20(2)66-43/h14,20,24,26-28,32-44,50,52,55-64H,10-13,15-18H2,1-9H3/t20-,24+,26+,27+,28-,32-,33+,34+,35-,36+,37+,38+,39+,40+,41-,42+,43-,44+,46+,47+,48-,49-/m0/s1. The van der Waals surface area contributed by atoms with Crippen molar-refractivity contribution >= 4 is 17.5 Å². The molecule has 0 unspecified atom stereocenters. The lowest BCUT2D eigenvalue weighted by Crippen LogP contribution is -2.64. The predicted molar refractivity (Wildman–Crippen MR) is 241 cm³/mol. The van der Waals surface area contributed by atoms with E-state index in [0.29, 0.717) is 29.5 Å². The molecule has 1 aromatic rings. The number of fused-ring (bicyclic) bond motifs is 5. The van der Waals surface area contributed by atoms with Crippen molar-refractivity contribution < 1.29 is 109 Å². The van der Waals surface area contributed by atoms with Crippen LogP contribution in [0, 0.1) is 29.6 Å². The lowest BCUT2D eigenvalue weighted by atomic mass is 9.41. The van der Waals surface area contributed by atoms with Crippen molar-refractivity contribution in [2.45, 2.75) is 216 Å². The van der Waals surface area contributed by atoms with Crippen molar-refractivity contribution in [3.05, 3.63) is 22.8 Å². The van der Waals surface area contributed by atoms with Gasteiger partial charge in [0.2, 0.25) is 6.29 Å². The van der Waals surface area contributed by atoms with Gasteiger partial charge in [-0.3, -0.25) is 14.4 Å². The van der Waals surface area contributed by atoms with Crippen molar-refractivity contribution in [1.29, 1.82) is 0 Å². The van der Waals surface area contributed by atoms with Crippen LogP contribution in [-0.2, 0) is 54.6 Å². The maximum absolute atomic E-state index is 15.0. The van der Waals surface area contributed by atoms with Gasteiger partial charge in [-0.25, -0.2) is 0 Å². The first kappa shape index (κ1) is 55.7. The predicted octanol–water partition coefficient (Wildman–Crippen LogP) is -1.82. The molecule has 3 saturated heterocycles. The number of benzene rings is 1. The topological polar surface area (TPSA) is 359 Å². The number of rotatable bonds is 14. The van der Waals surface area contributed by atoms with Crippen LogP contribution >= 0.6 is 0 Å². The number of aliphatic hydroxyl groups excluding tert-OH is 10. The van der Waals surface area contributed by atoms with E-state index < -0.39 is 162 Å². The van der Waals surface area contributed by atoms with E-state index in [1.54, 1.807) is 27.7 Å². The molecule has 0 radical (unpaired) electrons. The van der Waals surface area contributed by atoms with E-state index in [4.69, 9.17) is 33.2 Å². The molecule has 0 amide bonds. The van der Waals surface area contributed by atoms with Crippen LogP contribution in [0.2, 0.25) is 0 Å². The molecule has 3 aliphatic carbocycles. The first-order chi connectivity index (χ1) is 32.9. The van der Waals surface area contributed by atoms with Gasteiger partial charge in [0.25, 0.3) is 0 Å². The highest BCUT2D eigenvalue weighted by molar-refractivity contribution is 5.94. The minimum Gasteiger partial charge on any atom is -0.504 e. The third kappa shape index (κ3) is 9.45. The average Bonchev–Trinajstić information content (AvgIpc) is 3.50. The van der Waals surface area contributed by atoms with Gasteiger partial charge in [0.05, 0.1) is 30.8 Å². The van der Waals surface area contributed by atoms with Crippen molar-refractivity contribution in [3.8, 4) is 11.5 Å². The van der Waals surface area contributed by atoms with Crippen LogP contribution in [-0.4, -0.2) is 201 Å². The molecule has 1 aromatic carbocycles. The molecule has 0 aromatic heterocycles. The molecule has 402 valence electrons. The summed E-state index contributed by atoms with van der Waals surface area (Å²) in [6.07, 6.45) is -25.4. The number of carbonyl (C=O) groups excluding carboxylic acids is 3. The maximum Gasteiger partial charge on any atom is 0.303 e. The number of carbonyl (C=O) groups is 3. The fourth-order valence-corrected chi connectivity index (χ4v) is 13.1. The number of phenolic OH excluding ortho intramolecular Hbond substituents is 1. The molecule has 2 saturated carbocycles. The van der Waals surface area contributed by atoms with Gasteiger partial charge in [0, 0.05) is 25.7 Å². The normalized spacial score (nSPS) is 44.5. The Balaban J connectivity index is 1.08. The molecule has 22 nitrogen and oxygen atoms in total. The number of aromatic hydroxyl groups is 1. The lowest BCUT2D eigenvalue weighted by molar-refractivity contribution is -0.361. The first-order valence-corrected chi connectivity index (χ1v) is 24.4. The van der Waals surface area contributed by atoms with E-state index in [2.05, 4.69) is 0 Å². The van der Waals surface area contributed by atoms with Crippen molar-refractivity contribution in [2.75, 3.05) is 13.2 Å². The summed E-state index contributed by atoms with van der Waals surface area (Å²) in [5.41, 5.74) is -4.71. The monoisotopic (exact) mass is 1010 g/mol. The highest BCUT2D eigenvalue weighted by Crippen LogP contribution is 2.72. The Hall–Kier alpha value is -3.01. The van der Waals surface area contributed by atoms with Gasteiger partial charge in [-0.2, -0.15) is 0 Å². The molecule has 3 heterocycles. The Bertz CT molecular complexity index is 2150. The van der Waals surface area contributed by atoms with Gasteiger partial charge in [-0.15, -0.1) is 0 Å². The smallest absolute Gasteiger partial charge is 0.303 e. The molecule has 0 bridgehead atoms. The second-order valence-corrected chi connectivity index (χ2v) is 22.2. The summed E-state index contributed by atoms with van der Waals surface area (Å²) in [7, 11) is 0. The Kier molecular flexibility index (Phi) is 15.6. The summed E-state index contributed by atoms with van der Waals surface area (Å²) < 4.78 is 39.8. The lowest BCUT2D eigenvalue weighted by Gasteiger charge is -2.61. The largest absolute Gasteiger partial charge is 0.504 e. The van der Waals surface area contributed by atoms with Crippen LogP contribution in [0.15, 0.2) is 6.07 Å². The van der Waals surface area contributed by atoms with E-state index in [-0.39, 0.29) is 43.0 Å². The molecule has 3 aliphatic heterocycles. The van der Waals surface area contributed by atoms with Crippen LogP contribution in [0.3, 0.4) is 0 Å². The van der Waals surface area contributed by atoms with E-state index in [1.807, 2.05) is 13.8 Å². The molecule has 22 atom stereocenters. The third-order valence-electron chi connectivity index (χ3n) is 17.3. The summed E-state index contributed by atoms with van der Waals surface area (Å²) in [6.45, 7) is 13.1. The summed E-state index contributed by atoms with van der Waals surface area (Å²) in [4.78, 5) is 40.6. The van der Waals surface area contributed by atoms with Gasteiger partial charge in [-0.1, -0.05) is 13.8 Å². The number of hydrogen-bond acceptors (Lipinski definition) is 22. The number of Topliss-reactive ketones (excluding diaryl/α,β-unsaturated/α-hetero) is 2. The van der Waals surface area contributed by atoms with Crippen molar-refractivity contribution in [2.24, 2.45) is 22.7 Å². The van der Waals surface area contributed by atoms with E-state index in [9.17, 15) is 75.7 Å². The van der Waals surface area contributed by atoms with Crippen LogP contribution in [0.4, 0.5) is 0 Å². The van der Waals surface area contributed by atoms with Crippen LogP contribution in [0.25, 0.3) is 0 Å². The zero-order chi connectivity index (χ0) is 52.8. The third-order valence-corrected chi connectivity index (χ3v) is 17.3. The minimum atomic E-state index is -2.07. The van der Waals surface area contributed by atoms with Gasteiger partial charge < -0.3 is 94.4 Å². The molecule has 6 aliphatic rings. The number of aliphatic hydroxyl groups is 11. The van der Waals surface area contributed by atoms with Gasteiger partial charge >= 0.3 is 5.97 Å². The van der Waals surface area contributed by atoms with Crippen LogP contribution in [0.1, 0.15) is 104 Å². The fraction of sp³-hybridized carbons (Fsp3) is 0.816. The van der Waals surface area contributed by atoms with Gasteiger partial charge in [0.1, 0.15) is 84.1 Å². The van der Waals surface area contributed by atoms with Gasteiger partial charge in [-0.05, 0) is 107 Å². The summed E-state index contributed by atoms with van der Waals surface area (Å²) in [5, 5.41) is 132.